The summed E-state index contributed by atoms with van der Waals surface area (Å²) in [6.07, 6.45) is 0.214. The lowest BCUT2D eigenvalue weighted by molar-refractivity contribution is -0.139. The Hall–Kier alpha value is -3.43. The largest absolute Gasteiger partial charge is 0.444 e. The number of amides is 5. The summed E-state index contributed by atoms with van der Waals surface area (Å²) in [4.78, 5) is 66.0. The van der Waals surface area contributed by atoms with Gasteiger partial charge in [-0.1, -0.05) is 12.1 Å². The van der Waals surface area contributed by atoms with Crippen LogP contribution in [0.3, 0.4) is 0 Å². The average molecular weight is 473 g/mol. The number of hydrogen-bond acceptors (Lipinski definition) is 6. The van der Waals surface area contributed by atoms with Crippen LogP contribution in [-0.4, -0.2) is 89.3 Å². The van der Waals surface area contributed by atoms with Crippen LogP contribution in [0.4, 0.5) is 4.79 Å². The van der Waals surface area contributed by atoms with E-state index in [9.17, 15) is 24.0 Å². The van der Waals surface area contributed by atoms with Crippen LogP contribution in [0.15, 0.2) is 24.3 Å². The monoisotopic (exact) mass is 472 g/mol. The number of alkyl carbamates (subject to hydrolysis) is 1. The summed E-state index contributed by atoms with van der Waals surface area (Å²) in [6, 6.07) is 6.71. The van der Waals surface area contributed by atoms with E-state index in [0.717, 1.165) is 0 Å². The molecule has 0 bridgehead atoms. The van der Waals surface area contributed by atoms with Gasteiger partial charge in [-0.15, -0.1) is 0 Å². The van der Waals surface area contributed by atoms with Crippen molar-refractivity contribution in [1.29, 1.82) is 0 Å². The zero-order valence-electron chi connectivity index (χ0n) is 20.0. The maximum absolute atomic E-state index is 12.6. The molecule has 1 N–H and O–H groups in total. The van der Waals surface area contributed by atoms with Gasteiger partial charge in [0.2, 0.25) is 11.8 Å². The standard InChI is InChI=1S/C24H32N4O6/c1-24(2,3)34-23(33)25-11-10-20(30)27-15-13-26(14-16-27)19(29)9-6-12-28-21(31)17-7-4-5-8-18(17)22(28)32/h4-5,7-8H,6,9-16H2,1-3H3,(H,25,33). The minimum absolute atomic E-state index is 0.0599. The molecule has 0 atom stereocenters. The Labute approximate surface area is 199 Å². The van der Waals surface area contributed by atoms with E-state index in [4.69, 9.17) is 4.74 Å². The van der Waals surface area contributed by atoms with Gasteiger partial charge in [-0.05, 0) is 39.3 Å². The maximum atomic E-state index is 12.6. The van der Waals surface area contributed by atoms with E-state index in [1.165, 1.54) is 4.90 Å². The highest BCUT2D eigenvalue weighted by molar-refractivity contribution is 6.21. The van der Waals surface area contributed by atoms with Gasteiger partial charge in [-0.25, -0.2) is 4.79 Å². The molecule has 0 aliphatic carbocycles. The molecule has 10 nitrogen and oxygen atoms in total. The first-order valence-corrected chi connectivity index (χ1v) is 11.5. The lowest BCUT2D eigenvalue weighted by atomic mass is 10.1. The third-order valence-electron chi connectivity index (χ3n) is 5.64. The molecule has 10 heteroatoms. The summed E-state index contributed by atoms with van der Waals surface area (Å²) >= 11 is 0. The van der Waals surface area contributed by atoms with Crippen molar-refractivity contribution in [2.75, 3.05) is 39.3 Å². The Morgan fingerprint density at radius 3 is 1.88 bits per heavy atom. The first-order valence-electron chi connectivity index (χ1n) is 11.5. The van der Waals surface area contributed by atoms with Gasteiger partial charge in [-0.2, -0.15) is 0 Å². The zero-order chi connectivity index (χ0) is 24.9. The lowest BCUT2D eigenvalue weighted by Crippen LogP contribution is -2.51. The fourth-order valence-electron chi connectivity index (χ4n) is 3.94. The van der Waals surface area contributed by atoms with Crippen LogP contribution in [0.1, 0.15) is 60.7 Å². The normalized spacial score (nSPS) is 15.9. The Bertz CT molecular complexity index is 927. The van der Waals surface area contributed by atoms with Gasteiger partial charge in [0.05, 0.1) is 11.1 Å². The van der Waals surface area contributed by atoms with Crippen molar-refractivity contribution in [1.82, 2.24) is 20.0 Å². The van der Waals surface area contributed by atoms with Gasteiger partial charge in [0, 0.05) is 52.1 Å². The van der Waals surface area contributed by atoms with Gasteiger partial charge >= 0.3 is 6.09 Å². The topological polar surface area (TPSA) is 116 Å². The summed E-state index contributed by atoms with van der Waals surface area (Å²) < 4.78 is 5.14. The summed E-state index contributed by atoms with van der Waals surface area (Å²) in [5.74, 6) is -0.785. The van der Waals surface area contributed by atoms with Crippen LogP contribution in [-0.2, 0) is 14.3 Å². The predicted molar refractivity (Wildman–Crippen MR) is 123 cm³/mol. The Kier molecular flexibility index (Phi) is 7.90. The van der Waals surface area contributed by atoms with Crippen LogP contribution in [0.25, 0.3) is 0 Å². The van der Waals surface area contributed by atoms with Crippen LogP contribution in [0.2, 0.25) is 0 Å². The molecule has 0 saturated carbocycles. The van der Waals surface area contributed by atoms with E-state index in [1.807, 2.05) is 0 Å². The number of fused-ring (bicyclic) bond motifs is 1. The van der Waals surface area contributed by atoms with Gasteiger partial charge in [0.25, 0.3) is 11.8 Å². The average Bonchev–Trinajstić information content (AvgIpc) is 3.03. The molecule has 3 rings (SSSR count). The Morgan fingerprint density at radius 1 is 0.882 bits per heavy atom. The van der Waals surface area contributed by atoms with E-state index in [0.29, 0.717) is 43.7 Å². The van der Waals surface area contributed by atoms with Gasteiger partial charge in [-0.3, -0.25) is 24.1 Å². The second-order valence-corrected chi connectivity index (χ2v) is 9.35. The van der Waals surface area contributed by atoms with E-state index in [2.05, 4.69) is 5.32 Å². The Morgan fingerprint density at radius 2 is 1.38 bits per heavy atom. The number of nitrogens with zero attached hydrogens (tertiary/aromatic N) is 3. The van der Waals surface area contributed by atoms with Crippen molar-refractivity contribution in [3.05, 3.63) is 35.4 Å². The highest BCUT2D eigenvalue weighted by Gasteiger charge is 2.34. The molecule has 1 fully saturated rings. The molecule has 1 saturated heterocycles. The number of benzene rings is 1. The first-order chi connectivity index (χ1) is 16.1. The van der Waals surface area contributed by atoms with Crippen molar-refractivity contribution >= 4 is 29.7 Å². The molecule has 0 spiro atoms. The Balaban J connectivity index is 1.34. The molecular formula is C24H32N4O6. The highest BCUT2D eigenvalue weighted by atomic mass is 16.6. The maximum Gasteiger partial charge on any atom is 0.407 e. The quantitative estimate of drug-likeness (QED) is 0.603. The number of hydrogen-bond donors (Lipinski definition) is 1. The van der Waals surface area contributed by atoms with Gasteiger partial charge in [0.15, 0.2) is 0 Å². The molecule has 2 heterocycles. The highest BCUT2D eigenvalue weighted by Crippen LogP contribution is 2.22. The number of carbonyl (C=O) groups is 5. The lowest BCUT2D eigenvalue weighted by Gasteiger charge is -2.35. The number of imide groups is 1. The van der Waals surface area contributed by atoms with Crippen LogP contribution < -0.4 is 5.32 Å². The molecule has 184 valence electrons. The number of ether oxygens (including phenoxy) is 1. The fourth-order valence-corrected chi connectivity index (χ4v) is 3.94. The summed E-state index contributed by atoms with van der Waals surface area (Å²) in [5.41, 5.74) is 0.211. The molecule has 0 aromatic heterocycles. The molecule has 0 radical (unpaired) electrons. The third kappa shape index (κ3) is 6.33. The second-order valence-electron chi connectivity index (χ2n) is 9.35. The summed E-state index contributed by atoms with van der Waals surface area (Å²) in [5, 5.41) is 2.57. The van der Waals surface area contributed by atoms with Gasteiger partial charge in [0.1, 0.15) is 5.60 Å². The van der Waals surface area contributed by atoms with Gasteiger partial charge < -0.3 is 19.9 Å². The van der Waals surface area contributed by atoms with Crippen molar-refractivity contribution in [2.45, 2.75) is 45.6 Å². The molecule has 34 heavy (non-hydrogen) atoms. The number of carbonyl (C=O) groups excluding carboxylic acids is 5. The fraction of sp³-hybridized carbons (Fsp3) is 0.542. The zero-order valence-corrected chi connectivity index (χ0v) is 20.0. The predicted octanol–water partition coefficient (Wildman–Crippen LogP) is 1.65. The van der Waals surface area contributed by atoms with Crippen molar-refractivity contribution in [3.63, 3.8) is 0 Å². The summed E-state index contributed by atoms with van der Waals surface area (Å²) in [6.45, 7) is 7.39. The first kappa shape index (κ1) is 25.2. The van der Waals surface area contributed by atoms with Crippen molar-refractivity contribution < 1.29 is 28.7 Å². The molecule has 1 aromatic carbocycles. The van der Waals surface area contributed by atoms with E-state index in [-0.39, 0.29) is 49.6 Å². The van der Waals surface area contributed by atoms with Crippen molar-refractivity contribution in [2.24, 2.45) is 0 Å². The van der Waals surface area contributed by atoms with Crippen LogP contribution in [0, 0.1) is 0 Å². The molecular weight excluding hydrogens is 440 g/mol. The SMILES string of the molecule is CC(C)(C)OC(=O)NCCC(=O)N1CCN(C(=O)CCCN2C(=O)c3ccccc3C2=O)CC1. The van der Waals surface area contributed by atoms with E-state index < -0.39 is 11.7 Å². The molecule has 2 aliphatic rings. The number of rotatable bonds is 7. The van der Waals surface area contributed by atoms with E-state index >= 15 is 0 Å². The minimum atomic E-state index is -0.596. The number of nitrogens with one attached hydrogen (secondary N) is 1. The molecule has 5 amide bonds. The number of piperazine rings is 1. The molecule has 1 aromatic rings. The summed E-state index contributed by atoms with van der Waals surface area (Å²) in [7, 11) is 0. The van der Waals surface area contributed by atoms with Crippen LogP contribution >= 0.6 is 0 Å². The smallest absolute Gasteiger partial charge is 0.407 e. The minimum Gasteiger partial charge on any atom is -0.444 e. The molecule has 0 unspecified atom stereocenters. The molecule has 2 aliphatic heterocycles. The van der Waals surface area contributed by atoms with E-state index in [1.54, 1.807) is 54.8 Å². The van der Waals surface area contributed by atoms with Crippen LogP contribution in [0.5, 0.6) is 0 Å². The second kappa shape index (κ2) is 10.7. The van der Waals surface area contributed by atoms with Crippen molar-refractivity contribution in [3.8, 4) is 0 Å². The third-order valence-corrected chi connectivity index (χ3v) is 5.64.